The smallest absolute Gasteiger partial charge is 0.132 e. The molecule has 90 valence electrons. The SMILES string of the molecule is CCN(C)c1ncc(Br)cc1CNC(C)C. The van der Waals surface area contributed by atoms with Gasteiger partial charge < -0.3 is 10.2 Å². The largest absolute Gasteiger partial charge is 0.360 e. The Balaban J connectivity index is 2.89. The molecule has 1 heterocycles. The lowest BCUT2D eigenvalue weighted by Crippen LogP contribution is -2.25. The fourth-order valence-electron chi connectivity index (χ4n) is 1.41. The Morgan fingerprint density at radius 2 is 2.19 bits per heavy atom. The Kier molecular flexibility index (Phi) is 5.22. The molecule has 1 aromatic rings. The maximum absolute atomic E-state index is 4.47. The number of aromatic nitrogens is 1. The van der Waals surface area contributed by atoms with Crippen molar-refractivity contribution >= 4 is 21.7 Å². The van der Waals surface area contributed by atoms with E-state index in [4.69, 9.17) is 0 Å². The van der Waals surface area contributed by atoms with Crippen LogP contribution in [0, 0.1) is 0 Å². The van der Waals surface area contributed by atoms with Gasteiger partial charge in [0.15, 0.2) is 0 Å². The molecule has 0 amide bonds. The number of anilines is 1. The van der Waals surface area contributed by atoms with Crippen molar-refractivity contribution in [1.82, 2.24) is 10.3 Å². The molecule has 0 bridgehead atoms. The van der Waals surface area contributed by atoms with Crippen LogP contribution in [0.4, 0.5) is 5.82 Å². The second kappa shape index (κ2) is 6.21. The molecule has 3 nitrogen and oxygen atoms in total. The van der Waals surface area contributed by atoms with Crippen molar-refractivity contribution in [1.29, 1.82) is 0 Å². The first kappa shape index (κ1) is 13.5. The van der Waals surface area contributed by atoms with E-state index in [1.54, 1.807) is 0 Å². The number of hydrogen-bond acceptors (Lipinski definition) is 3. The summed E-state index contributed by atoms with van der Waals surface area (Å²) in [6, 6.07) is 2.61. The lowest BCUT2D eigenvalue weighted by Gasteiger charge is -2.20. The molecule has 4 heteroatoms. The van der Waals surface area contributed by atoms with Crippen LogP contribution in [0.2, 0.25) is 0 Å². The normalized spacial score (nSPS) is 10.9. The monoisotopic (exact) mass is 285 g/mol. The van der Waals surface area contributed by atoms with E-state index >= 15 is 0 Å². The van der Waals surface area contributed by atoms with Crippen LogP contribution in [0.25, 0.3) is 0 Å². The quantitative estimate of drug-likeness (QED) is 0.902. The van der Waals surface area contributed by atoms with E-state index in [9.17, 15) is 0 Å². The van der Waals surface area contributed by atoms with E-state index in [0.717, 1.165) is 23.4 Å². The van der Waals surface area contributed by atoms with Crippen LogP contribution in [0.15, 0.2) is 16.7 Å². The zero-order chi connectivity index (χ0) is 12.1. The van der Waals surface area contributed by atoms with Crippen molar-refractivity contribution in [3.05, 3.63) is 22.3 Å². The third kappa shape index (κ3) is 3.76. The van der Waals surface area contributed by atoms with Gasteiger partial charge in [-0.1, -0.05) is 13.8 Å². The van der Waals surface area contributed by atoms with Crippen molar-refractivity contribution in [2.75, 3.05) is 18.5 Å². The predicted molar refractivity (Wildman–Crippen MR) is 72.9 cm³/mol. The number of halogens is 1. The molecule has 1 aromatic heterocycles. The van der Waals surface area contributed by atoms with Gasteiger partial charge in [-0.05, 0) is 28.9 Å². The summed E-state index contributed by atoms with van der Waals surface area (Å²) in [5.41, 5.74) is 1.23. The zero-order valence-electron chi connectivity index (χ0n) is 10.4. The van der Waals surface area contributed by atoms with Crippen LogP contribution in [0.5, 0.6) is 0 Å². The molecule has 16 heavy (non-hydrogen) atoms. The van der Waals surface area contributed by atoms with Crippen LogP contribution < -0.4 is 10.2 Å². The minimum Gasteiger partial charge on any atom is -0.360 e. The van der Waals surface area contributed by atoms with Crippen LogP contribution >= 0.6 is 15.9 Å². The summed E-state index contributed by atoms with van der Waals surface area (Å²) in [6.07, 6.45) is 1.85. The lowest BCUT2D eigenvalue weighted by atomic mass is 10.2. The van der Waals surface area contributed by atoms with E-state index in [2.05, 4.69) is 65.0 Å². The molecule has 0 spiro atoms. The van der Waals surface area contributed by atoms with Crippen molar-refractivity contribution in [2.24, 2.45) is 0 Å². The summed E-state index contributed by atoms with van der Waals surface area (Å²) in [7, 11) is 2.06. The van der Waals surface area contributed by atoms with E-state index in [1.807, 2.05) is 6.20 Å². The summed E-state index contributed by atoms with van der Waals surface area (Å²) in [5, 5.41) is 3.42. The average molecular weight is 286 g/mol. The molecule has 0 aliphatic rings. The molecule has 0 fully saturated rings. The summed E-state index contributed by atoms with van der Waals surface area (Å²) in [4.78, 5) is 6.62. The Morgan fingerprint density at radius 3 is 2.75 bits per heavy atom. The van der Waals surface area contributed by atoms with Crippen molar-refractivity contribution in [2.45, 2.75) is 33.4 Å². The van der Waals surface area contributed by atoms with Gasteiger partial charge in [0.1, 0.15) is 5.82 Å². The average Bonchev–Trinajstić information content (AvgIpc) is 2.25. The molecule has 0 aliphatic carbocycles. The highest BCUT2D eigenvalue weighted by Gasteiger charge is 2.08. The highest BCUT2D eigenvalue weighted by Crippen LogP contribution is 2.20. The first-order valence-electron chi connectivity index (χ1n) is 5.63. The molecule has 0 saturated heterocycles. The molecule has 1 N–H and O–H groups in total. The van der Waals surface area contributed by atoms with Crippen LogP contribution in [0.1, 0.15) is 26.3 Å². The van der Waals surface area contributed by atoms with Gasteiger partial charge in [-0.25, -0.2) is 4.98 Å². The highest BCUT2D eigenvalue weighted by molar-refractivity contribution is 9.10. The molecule has 0 saturated carbocycles. The molecular formula is C12H20BrN3. The standard InChI is InChI=1S/C12H20BrN3/c1-5-16(4)12-10(7-14-9(2)3)6-11(13)8-15-12/h6,8-9,14H,5,7H2,1-4H3. The summed E-state index contributed by atoms with van der Waals surface area (Å²) in [6.45, 7) is 8.24. The van der Waals surface area contributed by atoms with Crippen LogP contribution in [-0.2, 0) is 6.54 Å². The van der Waals surface area contributed by atoms with Crippen LogP contribution in [-0.4, -0.2) is 24.6 Å². The minimum absolute atomic E-state index is 0.485. The number of pyridine rings is 1. The molecule has 0 unspecified atom stereocenters. The minimum atomic E-state index is 0.485. The van der Waals surface area contributed by atoms with E-state index in [1.165, 1.54) is 5.56 Å². The Hall–Kier alpha value is -0.610. The van der Waals surface area contributed by atoms with Gasteiger partial charge in [0, 0.05) is 42.4 Å². The Morgan fingerprint density at radius 1 is 1.50 bits per heavy atom. The highest BCUT2D eigenvalue weighted by atomic mass is 79.9. The van der Waals surface area contributed by atoms with E-state index in [0.29, 0.717) is 6.04 Å². The molecule has 0 aliphatic heterocycles. The Labute approximate surface area is 106 Å². The zero-order valence-corrected chi connectivity index (χ0v) is 12.0. The van der Waals surface area contributed by atoms with Crippen LogP contribution in [0.3, 0.4) is 0 Å². The molecule has 0 radical (unpaired) electrons. The van der Waals surface area contributed by atoms with Gasteiger partial charge in [-0.15, -0.1) is 0 Å². The van der Waals surface area contributed by atoms with E-state index < -0.39 is 0 Å². The second-order valence-electron chi connectivity index (χ2n) is 4.19. The first-order valence-corrected chi connectivity index (χ1v) is 6.42. The molecule has 1 rings (SSSR count). The summed E-state index contributed by atoms with van der Waals surface area (Å²) < 4.78 is 1.03. The number of nitrogens with one attached hydrogen (secondary N) is 1. The topological polar surface area (TPSA) is 28.2 Å². The maximum atomic E-state index is 4.47. The van der Waals surface area contributed by atoms with Gasteiger partial charge in [0.2, 0.25) is 0 Å². The van der Waals surface area contributed by atoms with Gasteiger partial charge >= 0.3 is 0 Å². The van der Waals surface area contributed by atoms with Crippen molar-refractivity contribution < 1.29 is 0 Å². The lowest BCUT2D eigenvalue weighted by molar-refractivity contribution is 0.587. The Bertz CT molecular complexity index is 339. The van der Waals surface area contributed by atoms with Gasteiger partial charge in [-0.2, -0.15) is 0 Å². The summed E-state index contributed by atoms with van der Waals surface area (Å²) >= 11 is 3.47. The van der Waals surface area contributed by atoms with E-state index in [-0.39, 0.29) is 0 Å². The molecular weight excluding hydrogens is 266 g/mol. The molecule has 0 atom stereocenters. The second-order valence-corrected chi connectivity index (χ2v) is 5.10. The third-order valence-electron chi connectivity index (χ3n) is 2.45. The van der Waals surface area contributed by atoms with Crippen molar-refractivity contribution in [3.8, 4) is 0 Å². The fraction of sp³-hybridized carbons (Fsp3) is 0.583. The predicted octanol–water partition coefficient (Wildman–Crippen LogP) is 2.80. The number of hydrogen-bond donors (Lipinski definition) is 1. The van der Waals surface area contributed by atoms with Gasteiger partial charge in [-0.3, -0.25) is 0 Å². The maximum Gasteiger partial charge on any atom is 0.132 e. The first-order chi connectivity index (χ1) is 7.54. The third-order valence-corrected chi connectivity index (χ3v) is 2.88. The number of nitrogens with zero attached hydrogens (tertiary/aromatic N) is 2. The fourth-order valence-corrected chi connectivity index (χ4v) is 1.79. The molecule has 0 aromatic carbocycles. The summed E-state index contributed by atoms with van der Waals surface area (Å²) in [5.74, 6) is 1.05. The van der Waals surface area contributed by atoms with Gasteiger partial charge in [0.05, 0.1) is 0 Å². The number of rotatable bonds is 5. The van der Waals surface area contributed by atoms with Crippen molar-refractivity contribution in [3.63, 3.8) is 0 Å². The van der Waals surface area contributed by atoms with Gasteiger partial charge in [0.25, 0.3) is 0 Å².